The normalized spacial score (nSPS) is 12.6. The molecule has 0 bridgehead atoms. The maximum absolute atomic E-state index is 15.4. The Morgan fingerprint density at radius 2 is 1.48 bits per heavy atom. The van der Waals surface area contributed by atoms with Crippen molar-refractivity contribution in [3.8, 4) is 39.5 Å². The number of para-hydroxylation sites is 2. The molecule has 5 nitrogen and oxygen atoms in total. The Kier molecular flexibility index (Phi) is 10.4. The van der Waals surface area contributed by atoms with Gasteiger partial charge in [-0.05, 0) is 58.1 Å². The van der Waals surface area contributed by atoms with Gasteiger partial charge in [0.05, 0.1) is 22.5 Å². The number of pyridine rings is 2. The first-order valence-corrected chi connectivity index (χ1v) is 29.4. The van der Waals surface area contributed by atoms with Crippen molar-refractivity contribution in [3.63, 3.8) is 0 Å². The summed E-state index contributed by atoms with van der Waals surface area (Å²) in [6.07, 6.45) is 1.69. The molecule has 0 saturated carbocycles. The van der Waals surface area contributed by atoms with Gasteiger partial charge in [0.15, 0.2) is 5.58 Å². The Morgan fingerprint density at radius 1 is 0.742 bits per heavy atom. The molecule has 325 valence electrons. The summed E-state index contributed by atoms with van der Waals surface area (Å²) in [5, 5.41) is 5.66. The zero-order valence-corrected chi connectivity index (χ0v) is 41.4. The number of benzene rings is 7. The molecule has 12 aromatic rings. The molecule has 0 unspecified atom stereocenters. The van der Waals surface area contributed by atoms with E-state index in [-0.39, 0.29) is 31.7 Å². The summed E-state index contributed by atoms with van der Waals surface area (Å²) in [6.45, 7) is -0.265. The van der Waals surface area contributed by atoms with Crippen molar-refractivity contribution in [2.75, 3.05) is 0 Å². The molecule has 0 aliphatic heterocycles. The molecule has 66 heavy (non-hydrogen) atoms. The fourth-order valence-electron chi connectivity index (χ4n) is 8.67. The van der Waals surface area contributed by atoms with E-state index in [1.165, 1.54) is 23.5 Å². The van der Waals surface area contributed by atoms with Crippen LogP contribution in [0.3, 0.4) is 0 Å². The summed E-state index contributed by atoms with van der Waals surface area (Å²) in [6, 6.07) is 52.1. The molecule has 7 aromatic carbocycles. The molecule has 0 spiro atoms. The van der Waals surface area contributed by atoms with E-state index in [2.05, 4.69) is 81.4 Å². The van der Waals surface area contributed by atoms with Gasteiger partial charge in [0.2, 0.25) is 0 Å². The van der Waals surface area contributed by atoms with Gasteiger partial charge in [-0.15, -0.1) is 12.1 Å². The van der Waals surface area contributed by atoms with Crippen LogP contribution in [0.15, 0.2) is 156 Å². The monoisotopic (exact) mass is 1120 g/mol. The van der Waals surface area contributed by atoms with Crippen LogP contribution in [-0.2, 0) is 20.1 Å². The van der Waals surface area contributed by atoms with Crippen LogP contribution in [-0.4, -0.2) is 32.8 Å². The number of halogens is 2. The topological polar surface area (TPSA) is 56.7 Å². The molecule has 1 radical (unpaired) electrons. The molecule has 0 aliphatic carbocycles. The van der Waals surface area contributed by atoms with Gasteiger partial charge < -0.3 is 8.98 Å². The van der Waals surface area contributed by atoms with Gasteiger partial charge >= 0.3 is 150 Å². The Labute approximate surface area is 404 Å². The number of hydrogen-bond acceptors (Lipinski definition) is 5. The summed E-state index contributed by atoms with van der Waals surface area (Å²) >= 11 is -0.934. The minimum absolute atomic E-state index is 0. The van der Waals surface area contributed by atoms with Gasteiger partial charge in [-0.25, -0.2) is 4.98 Å². The number of furan rings is 1. The average molecular weight is 1120 g/mol. The quantitative estimate of drug-likeness (QED) is 0.127. The molecule has 0 saturated heterocycles. The standard InChI is InChI=1S/C35H19FN3OS.C21H21FGeN.Ir/c1-19-13-14-24-31-26(36)16-15-25(33(31)41-35(24)37-19)34-38-27-17-20-7-2-3-8-21(20)18-29(27)39(34)28-11-6-10-23-22-9-4-5-12-30(22)40-32(23)28;1-15-12-21(24-14-20(15)23(2,3)4)17-10-11-19(22)18(13-17)16-8-6-5-7-9-16;/h2-14,16-18H,1H3;5-9,11-14H,1-4H3;/q2*-1;/i;1D3;. The van der Waals surface area contributed by atoms with E-state index in [0.717, 1.165) is 85.6 Å². The van der Waals surface area contributed by atoms with E-state index in [0.29, 0.717) is 33.6 Å². The summed E-state index contributed by atoms with van der Waals surface area (Å²) in [7, 11) is 0. The van der Waals surface area contributed by atoms with Crippen LogP contribution in [0.25, 0.3) is 104 Å². The number of aryl methyl sites for hydroxylation is 2. The third-order valence-corrected chi connectivity index (χ3v) is 17.2. The van der Waals surface area contributed by atoms with Crippen LogP contribution in [0.5, 0.6) is 0 Å². The molecule has 0 N–H and O–H groups in total. The summed E-state index contributed by atoms with van der Waals surface area (Å²) in [5.41, 5.74) is 8.49. The Hall–Kier alpha value is -6.36. The molecule has 0 fully saturated rings. The van der Waals surface area contributed by atoms with Crippen molar-refractivity contribution in [3.05, 3.63) is 187 Å². The van der Waals surface area contributed by atoms with Gasteiger partial charge in [-0.1, -0.05) is 66.2 Å². The largest absolute Gasteiger partial charge is 0 e. The zero-order chi connectivity index (χ0) is 47.1. The van der Waals surface area contributed by atoms with E-state index in [1.807, 2.05) is 85.8 Å². The van der Waals surface area contributed by atoms with Gasteiger partial charge in [0, 0.05) is 47.8 Å². The van der Waals surface area contributed by atoms with Gasteiger partial charge in [0.25, 0.3) is 0 Å². The smallest absolute Gasteiger partial charge is 0 e. The minimum atomic E-state index is -2.41. The Morgan fingerprint density at radius 3 is 2.29 bits per heavy atom. The van der Waals surface area contributed by atoms with Crippen LogP contribution in [0.4, 0.5) is 8.78 Å². The summed E-state index contributed by atoms with van der Waals surface area (Å²) in [5.74, 6) is 6.42. The zero-order valence-electron chi connectivity index (χ0n) is 39.1. The molecular formula is C56H40F2GeIrN4OS-2. The van der Waals surface area contributed by atoms with E-state index in [4.69, 9.17) is 18.5 Å². The third-order valence-electron chi connectivity index (χ3n) is 11.8. The van der Waals surface area contributed by atoms with Gasteiger partial charge in [-0.2, -0.15) is 11.3 Å². The Bertz CT molecular complexity index is 3960. The summed E-state index contributed by atoms with van der Waals surface area (Å²) < 4.78 is 63.8. The van der Waals surface area contributed by atoms with Gasteiger partial charge in [-0.3, -0.25) is 9.37 Å². The predicted octanol–water partition coefficient (Wildman–Crippen LogP) is 15.0. The molecule has 0 atom stereocenters. The number of nitrogens with zero attached hydrogens (tertiary/aromatic N) is 4. The molecule has 12 rings (SSSR count). The molecule has 10 heteroatoms. The van der Waals surface area contributed by atoms with Crippen molar-refractivity contribution in [2.45, 2.75) is 31.0 Å². The predicted molar refractivity (Wildman–Crippen MR) is 267 cm³/mol. The van der Waals surface area contributed by atoms with Crippen molar-refractivity contribution in [2.24, 2.45) is 0 Å². The van der Waals surface area contributed by atoms with Crippen molar-refractivity contribution in [1.29, 1.82) is 0 Å². The van der Waals surface area contributed by atoms with Crippen LogP contribution in [0.2, 0.25) is 17.3 Å². The first-order chi connectivity index (χ1) is 32.7. The maximum atomic E-state index is 15.4. The van der Waals surface area contributed by atoms with Crippen LogP contribution in [0.1, 0.15) is 15.4 Å². The van der Waals surface area contributed by atoms with Crippen molar-refractivity contribution < 1.29 is 37.4 Å². The number of thiophene rings is 1. The fraction of sp³-hybridized carbons (Fsp3) is 0.0893. The number of fused-ring (bicyclic) bond motifs is 8. The molecule has 0 aliphatic rings. The van der Waals surface area contributed by atoms with Crippen molar-refractivity contribution >= 4 is 93.0 Å². The first-order valence-electron chi connectivity index (χ1n) is 22.7. The molecule has 5 heterocycles. The fourth-order valence-corrected chi connectivity index (χ4v) is 12.7. The number of imidazole rings is 1. The van der Waals surface area contributed by atoms with E-state index in [9.17, 15) is 4.39 Å². The number of rotatable bonds is 5. The van der Waals surface area contributed by atoms with Crippen LogP contribution >= 0.6 is 11.3 Å². The Balaban J connectivity index is 0.000000173. The van der Waals surface area contributed by atoms with Gasteiger partial charge in [0.1, 0.15) is 10.4 Å². The number of aromatic nitrogens is 4. The second-order valence-corrected chi connectivity index (χ2v) is 28.7. The molecular weight excluding hydrogens is 1080 g/mol. The van der Waals surface area contributed by atoms with Crippen LogP contribution < -0.4 is 4.40 Å². The van der Waals surface area contributed by atoms with Crippen molar-refractivity contribution in [1.82, 2.24) is 19.5 Å². The summed E-state index contributed by atoms with van der Waals surface area (Å²) in [4.78, 5) is 15.2. The second-order valence-electron chi connectivity index (χ2n) is 17.2. The van der Waals surface area contributed by atoms with E-state index >= 15 is 4.39 Å². The first kappa shape index (κ1) is 40.0. The van der Waals surface area contributed by atoms with E-state index < -0.39 is 20.1 Å². The number of hydrogen-bond donors (Lipinski definition) is 0. The van der Waals surface area contributed by atoms with E-state index in [1.54, 1.807) is 18.3 Å². The van der Waals surface area contributed by atoms with Crippen LogP contribution in [0, 0.1) is 37.5 Å². The maximum Gasteiger partial charge on any atom is 0 e. The molecule has 5 aromatic heterocycles. The third kappa shape index (κ3) is 7.63. The molecule has 0 amide bonds. The minimum Gasteiger partial charge on any atom is 0 e. The average Bonchev–Trinajstić information content (AvgIpc) is 4.02. The second kappa shape index (κ2) is 17.1. The SMILES string of the molecule is Cc1ccc2c(n1)sc1c(-c3nc4cc5ccccc5cc4n3-c3cccc4c3oc3ccccc34)[c-]cc(F)c12.[2H]C([2H])([2H])c1cc(-c2[c-]cc(F)c(-c3ccccc3)c2)nc[c]1[Ge]([CH3])([CH3])[CH3].[Ir].